The van der Waals surface area contributed by atoms with Gasteiger partial charge in [-0.05, 0) is 75.2 Å². The topological polar surface area (TPSA) is 67.3 Å². The summed E-state index contributed by atoms with van der Waals surface area (Å²) in [6.07, 6.45) is 7.09. The minimum absolute atomic E-state index is 0.894. The van der Waals surface area contributed by atoms with Gasteiger partial charge in [0, 0.05) is 66.5 Å². The number of hydrogen-bond donors (Lipinski definition) is 1. The Labute approximate surface area is 234 Å². The second-order valence-corrected chi connectivity index (χ2v) is 12.3. The molecule has 7 heteroatoms. The zero-order valence-corrected chi connectivity index (χ0v) is 23.7. The molecule has 5 nitrogen and oxygen atoms in total. The fourth-order valence-electron chi connectivity index (χ4n) is 5.30. The minimum Gasteiger partial charge on any atom is -0.354 e. The van der Waals surface area contributed by atoms with E-state index in [-0.39, 0.29) is 0 Å². The van der Waals surface area contributed by atoms with Crippen LogP contribution in [0.4, 0.5) is 0 Å². The van der Waals surface area contributed by atoms with Gasteiger partial charge in [0.25, 0.3) is 0 Å². The molecule has 0 saturated heterocycles. The second-order valence-electron chi connectivity index (χ2n) is 9.77. The van der Waals surface area contributed by atoms with Crippen molar-refractivity contribution in [1.82, 2.24) is 24.9 Å². The molecule has 0 aliphatic heterocycles. The number of aromatic nitrogens is 5. The van der Waals surface area contributed by atoms with Crippen LogP contribution < -0.4 is 0 Å². The lowest BCUT2D eigenvalue weighted by Gasteiger charge is -2.10. The van der Waals surface area contributed by atoms with Gasteiger partial charge in [-0.2, -0.15) is 0 Å². The molecule has 0 atom stereocenters. The Bertz CT molecular complexity index is 1880. The summed E-state index contributed by atoms with van der Waals surface area (Å²) in [6, 6.07) is 17.3. The normalized spacial score (nSPS) is 11.6. The van der Waals surface area contributed by atoms with Crippen molar-refractivity contribution in [2.75, 3.05) is 0 Å². The number of nitrogens with one attached hydrogen (secondary N) is 1. The predicted molar refractivity (Wildman–Crippen MR) is 163 cm³/mol. The molecule has 1 N–H and O–H groups in total. The molecule has 2 aromatic carbocycles. The third-order valence-electron chi connectivity index (χ3n) is 7.36. The average Bonchev–Trinajstić information content (AvgIpc) is 3.67. The highest BCUT2D eigenvalue weighted by molar-refractivity contribution is 7.15. The first-order valence-electron chi connectivity index (χ1n) is 12.8. The summed E-state index contributed by atoms with van der Waals surface area (Å²) in [6.45, 7) is 8.59. The molecule has 0 bridgehead atoms. The Balaban J connectivity index is 1.41. The first-order chi connectivity index (χ1) is 19.0. The SMILES string of the molecule is Cc1ccc(-c2ccc(-c3[nH]c(-c4ccc(-c5ccc(C)s5)c5nccnc45)c(C)c3C)c3nccnc23)s1. The molecule has 0 fully saturated rings. The van der Waals surface area contributed by atoms with Crippen LogP contribution in [-0.4, -0.2) is 24.9 Å². The number of benzene rings is 2. The van der Waals surface area contributed by atoms with Crippen LogP contribution in [-0.2, 0) is 0 Å². The van der Waals surface area contributed by atoms with Crippen LogP contribution in [0.1, 0.15) is 20.9 Å². The van der Waals surface area contributed by atoms with E-state index in [1.807, 2.05) is 0 Å². The molecule has 0 saturated carbocycles. The van der Waals surface area contributed by atoms with Crippen LogP contribution in [0.5, 0.6) is 0 Å². The highest BCUT2D eigenvalue weighted by atomic mass is 32.1. The van der Waals surface area contributed by atoms with E-state index >= 15 is 0 Å². The molecule has 5 heterocycles. The molecule has 0 spiro atoms. The molecular weight excluding hydrogens is 519 g/mol. The maximum Gasteiger partial charge on any atom is 0.0986 e. The molecule has 0 unspecified atom stereocenters. The number of aryl methyl sites for hydroxylation is 2. The number of nitrogens with zero attached hydrogens (tertiary/aromatic N) is 4. The van der Waals surface area contributed by atoms with E-state index in [4.69, 9.17) is 19.9 Å². The quantitative estimate of drug-likeness (QED) is 0.241. The molecule has 5 aromatic heterocycles. The van der Waals surface area contributed by atoms with Gasteiger partial charge in [0.2, 0.25) is 0 Å². The molecule has 0 aliphatic carbocycles. The largest absolute Gasteiger partial charge is 0.354 e. The lowest BCUT2D eigenvalue weighted by Crippen LogP contribution is -1.92. The number of hydrogen-bond acceptors (Lipinski definition) is 6. The lowest BCUT2D eigenvalue weighted by atomic mass is 9.99. The van der Waals surface area contributed by atoms with Crippen molar-refractivity contribution in [3.8, 4) is 43.4 Å². The van der Waals surface area contributed by atoms with E-state index in [1.165, 1.54) is 30.6 Å². The fraction of sp³-hybridized carbons (Fsp3) is 0.125. The highest BCUT2D eigenvalue weighted by Gasteiger charge is 2.21. The molecule has 0 radical (unpaired) electrons. The zero-order chi connectivity index (χ0) is 26.7. The van der Waals surface area contributed by atoms with Crippen molar-refractivity contribution in [3.05, 3.63) is 94.2 Å². The number of rotatable bonds is 4. The van der Waals surface area contributed by atoms with Gasteiger partial charge in [0.05, 0.1) is 33.5 Å². The van der Waals surface area contributed by atoms with Crippen LogP contribution in [0, 0.1) is 27.7 Å². The summed E-state index contributed by atoms with van der Waals surface area (Å²) in [5, 5.41) is 0. The van der Waals surface area contributed by atoms with Gasteiger partial charge < -0.3 is 4.98 Å². The Hall–Kier alpha value is -4.20. The Morgan fingerprint density at radius 1 is 0.462 bits per heavy atom. The van der Waals surface area contributed by atoms with Crippen LogP contribution in [0.3, 0.4) is 0 Å². The van der Waals surface area contributed by atoms with Crippen LogP contribution in [0.15, 0.2) is 73.3 Å². The summed E-state index contributed by atoms with van der Waals surface area (Å²) in [5.74, 6) is 0. The zero-order valence-electron chi connectivity index (χ0n) is 22.0. The fourth-order valence-corrected chi connectivity index (χ4v) is 7.09. The first-order valence-corrected chi connectivity index (χ1v) is 14.4. The summed E-state index contributed by atoms with van der Waals surface area (Å²) in [5.41, 5.74) is 12.4. The van der Waals surface area contributed by atoms with Gasteiger partial charge in [-0.3, -0.25) is 19.9 Å². The van der Waals surface area contributed by atoms with Crippen LogP contribution in [0.25, 0.3) is 65.5 Å². The van der Waals surface area contributed by atoms with Gasteiger partial charge in [0.1, 0.15) is 0 Å². The number of fused-ring (bicyclic) bond motifs is 2. The van der Waals surface area contributed by atoms with Gasteiger partial charge in [0.15, 0.2) is 0 Å². The smallest absolute Gasteiger partial charge is 0.0986 e. The van der Waals surface area contributed by atoms with Crippen molar-refractivity contribution in [2.45, 2.75) is 27.7 Å². The van der Waals surface area contributed by atoms with E-state index in [1.54, 1.807) is 47.5 Å². The van der Waals surface area contributed by atoms with E-state index in [9.17, 15) is 0 Å². The molecular formula is C32H25N5S2. The monoisotopic (exact) mass is 543 g/mol. The van der Waals surface area contributed by atoms with Gasteiger partial charge in [-0.1, -0.05) is 12.1 Å². The van der Waals surface area contributed by atoms with E-state index in [0.29, 0.717) is 0 Å². The van der Waals surface area contributed by atoms with Crippen LogP contribution >= 0.6 is 22.7 Å². The van der Waals surface area contributed by atoms with Crippen LogP contribution in [0.2, 0.25) is 0 Å². The second kappa shape index (κ2) is 9.22. The third kappa shape index (κ3) is 3.88. The molecule has 0 amide bonds. The van der Waals surface area contributed by atoms with Crippen molar-refractivity contribution >= 4 is 44.7 Å². The van der Waals surface area contributed by atoms with Crippen molar-refractivity contribution in [3.63, 3.8) is 0 Å². The summed E-state index contributed by atoms with van der Waals surface area (Å²) < 4.78 is 0. The highest BCUT2D eigenvalue weighted by Crippen LogP contribution is 2.41. The average molecular weight is 544 g/mol. The standard InChI is InChI=1S/C32H25N5S2/c1-17-5-11-25(38-17)21-7-9-23(31-29(21)33-13-15-35-31)27-19(3)20(4)28(37-27)24-10-8-22(26-12-6-18(2)39-26)30-32(24)36-16-14-34-30/h5-16,37H,1-4H3. The molecule has 7 rings (SSSR count). The number of thiophene rings is 2. The van der Waals surface area contributed by atoms with E-state index in [0.717, 1.165) is 55.7 Å². The van der Waals surface area contributed by atoms with Crippen molar-refractivity contribution in [1.29, 1.82) is 0 Å². The van der Waals surface area contributed by atoms with Crippen molar-refractivity contribution in [2.24, 2.45) is 0 Å². The van der Waals surface area contributed by atoms with Crippen molar-refractivity contribution < 1.29 is 0 Å². The molecule has 7 aromatic rings. The number of H-pyrrole nitrogens is 1. The molecule has 39 heavy (non-hydrogen) atoms. The lowest BCUT2D eigenvalue weighted by molar-refractivity contribution is 1.28. The summed E-state index contributed by atoms with van der Waals surface area (Å²) in [4.78, 5) is 27.9. The first kappa shape index (κ1) is 23.9. The van der Waals surface area contributed by atoms with Gasteiger partial charge in [-0.15, -0.1) is 22.7 Å². The third-order valence-corrected chi connectivity index (χ3v) is 9.43. The summed E-state index contributed by atoms with van der Waals surface area (Å²) >= 11 is 3.56. The Kier molecular flexibility index (Phi) is 5.65. The van der Waals surface area contributed by atoms with E-state index in [2.05, 4.69) is 81.2 Å². The molecule has 0 aliphatic rings. The maximum absolute atomic E-state index is 4.80. The minimum atomic E-state index is 0.894. The molecule has 190 valence electrons. The van der Waals surface area contributed by atoms with Gasteiger partial charge in [-0.25, -0.2) is 0 Å². The van der Waals surface area contributed by atoms with Gasteiger partial charge >= 0.3 is 0 Å². The summed E-state index contributed by atoms with van der Waals surface area (Å²) in [7, 11) is 0. The predicted octanol–water partition coefficient (Wildman–Crippen LogP) is 8.93. The maximum atomic E-state index is 4.80. The number of aromatic amines is 1. The van der Waals surface area contributed by atoms with E-state index < -0.39 is 0 Å². The Morgan fingerprint density at radius 2 is 0.821 bits per heavy atom. The Morgan fingerprint density at radius 3 is 1.18 bits per heavy atom.